The Hall–Kier alpha value is -0.830. The summed E-state index contributed by atoms with van der Waals surface area (Å²) < 4.78 is 0. The zero-order valence-corrected chi connectivity index (χ0v) is 23.3. The van der Waals surface area contributed by atoms with Crippen LogP contribution in [0.3, 0.4) is 0 Å². The van der Waals surface area contributed by atoms with Crippen LogP contribution in [0.2, 0.25) is 0 Å². The summed E-state index contributed by atoms with van der Waals surface area (Å²) in [5, 5.41) is 20.4. The molecule has 0 aromatic rings. The standard InChI is InChI=1S/C30H58O3/c1-8-9-10-11-12-13-14-15-16-17-19-22-25(29(2,3)4)28(33)26(30(5,6)7)23-20-18-21-24-27(31)32/h15-16,25-26,28,33H,8-14,17-24H2,1-7H3,(H,31,32)/b16-15-. The fraction of sp³-hybridized carbons (Fsp3) is 0.900. The Kier molecular flexibility index (Phi) is 17.1. The molecule has 0 radical (unpaired) electrons. The largest absolute Gasteiger partial charge is 0.481 e. The number of rotatable bonds is 19. The van der Waals surface area contributed by atoms with Crippen molar-refractivity contribution in [1.29, 1.82) is 0 Å². The number of allylic oxidation sites excluding steroid dienone is 2. The van der Waals surface area contributed by atoms with Crippen LogP contribution >= 0.6 is 0 Å². The summed E-state index contributed by atoms with van der Waals surface area (Å²) in [4.78, 5) is 10.8. The van der Waals surface area contributed by atoms with Gasteiger partial charge < -0.3 is 10.2 Å². The summed E-state index contributed by atoms with van der Waals surface area (Å²) >= 11 is 0. The van der Waals surface area contributed by atoms with Gasteiger partial charge in [0.2, 0.25) is 0 Å². The van der Waals surface area contributed by atoms with E-state index in [0.717, 1.165) is 44.9 Å². The molecule has 0 spiro atoms. The molecule has 0 saturated heterocycles. The molecular formula is C30H58O3. The number of unbranched alkanes of at least 4 members (excludes halogenated alkanes) is 9. The Labute approximate surface area is 206 Å². The van der Waals surface area contributed by atoms with Crippen molar-refractivity contribution in [2.45, 2.75) is 151 Å². The monoisotopic (exact) mass is 466 g/mol. The van der Waals surface area contributed by atoms with Crippen molar-refractivity contribution in [1.82, 2.24) is 0 Å². The minimum absolute atomic E-state index is 0.0345. The lowest BCUT2D eigenvalue weighted by molar-refractivity contribution is -0.137. The smallest absolute Gasteiger partial charge is 0.303 e. The third-order valence-electron chi connectivity index (χ3n) is 7.23. The van der Waals surface area contributed by atoms with Crippen molar-refractivity contribution in [3.8, 4) is 0 Å². The summed E-state index contributed by atoms with van der Waals surface area (Å²) in [5.74, 6) is -0.210. The second kappa shape index (κ2) is 17.6. The number of aliphatic hydroxyl groups is 1. The maximum atomic E-state index is 11.5. The third kappa shape index (κ3) is 16.4. The molecule has 0 rings (SSSR count). The zero-order valence-electron chi connectivity index (χ0n) is 23.3. The highest BCUT2D eigenvalue weighted by molar-refractivity contribution is 5.66. The van der Waals surface area contributed by atoms with Crippen molar-refractivity contribution >= 4 is 5.97 Å². The van der Waals surface area contributed by atoms with Gasteiger partial charge in [-0.25, -0.2) is 0 Å². The maximum absolute atomic E-state index is 11.5. The number of aliphatic carboxylic acids is 1. The molecule has 3 unspecified atom stereocenters. The minimum Gasteiger partial charge on any atom is -0.481 e. The fourth-order valence-electron chi connectivity index (χ4n) is 5.06. The van der Waals surface area contributed by atoms with Gasteiger partial charge in [-0.1, -0.05) is 106 Å². The van der Waals surface area contributed by atoms with Crippen LogP contribution in [-0.2, 0) is 4.79 Å². The van der Waals surface area contributed by atoms with E-state index < -0.39 is 5.97 Å². The molecule has 0 aliphatic carbocycles. The van der Waals surface area contributed by atoms with Crippen LogP contribution in [-0.4, -0.2) is 22.3 Å². The van der Waals surface area contributed by atoms with Crippen LogP contribution in [0, 0.1) is 22.7 Å². The molecule has 0 heterocycles. The second-order valence-electron chi connectivity index (χ2n) is 12.4. The number of carbonyl (C=O) groups is 1. The first-order chi connectivity index (χ1) is 15.4. The van der Waals surface area contributed by atoms with Crippen molar-refractivity contribution in [2.24, 2.45) is 22.7 Å². The Morgan fingerprint density at radius 2 is 1.15 bits per heavy atom. The lowest BCUT2D eigenvalue weighted by atomic mass is 9.65. The first-order valence-electron chi connectivity index (χ1n) is 14.0. The predicted octanol–water partition coefficient (Wildman–Crippen LogP) is 9.18. The van der Waals surface area contributed by atoms with Crippen molar-refractivity contribution in [3.63, 3.8) is 0 Å². The van der Waals surface area contributed by atoms with Crippen LogP contribution in [0.15, 0.2) is 12.2 Å². The Bertz CT molecular complexity index is 510. The number of carboxylic acids is 1. The highest BCUT2D eigenvalue weighted by atomic mass is 16.4. The van der Waals surface area contributed by atoms with E-state index in [2.05, 4.69) is 60.6 Å². The highest BCUT2D eigenvalue weighted by Gasteiger charge is 2.39. The third-order valence-corrected chi connectivity index (χ3v) is 7.23. The molecule has 2 N–H and O–H groups in total. The molecule has 3 heteroatoms. The Morgan fingerprint density at radius 3 is 1.67 bits per heavy atom. The van der Waals surface area contributed by atoms with Gasteiger partial charge in [0.05, 0.1) is 6.10 Å². The predicted molar refractivity (Wildman–Crippen MR) is 144 cm³/mol. The molecule has 3 nitrogen and oxygen atoms in total. The van der Waals surface area contributed by atoms with Gasteiger partial charge in [-0.2, -0.15) is 0 Å². The van der Waals surface area contributed by atoms with Crippen LogP contribution in [0.5, 0.6) is 0 Å². The summed E-state index contributed by atoms with van der Waals surface area (Å²) in [6.45, 7) is 15.8. The van der Waals surface area contributed by atoms with Gasteiger partial charge in [0.25, 0.3) is 0 Å². The first kappa shape index (κ1) is 32.2. The quantitative estimate of drug-likeness (QED) is 0.147. The summed E-state index contributed by atoms with van der Waals surface area (Å²) in [6, 6.07) is 0. The fourth-order valence-corrected chi connectivity index (χ4v) is 5.06. The number of aliphatic hydroxyl groups excluding tert-OH is 1. The molecule has 33 heavy (non-hydrogen) atoms. The van der Waals surface area contributed by atoms with E-state index in [1.54, 1.807) is 0 Å². The molecule has 0 aliphatic rings. The number of carboxylic acid groups (broad SMARTS) is 1. The van der Waals surface area contributed by atoms with Crippen molar-refractivity contribution < 1.29 is 15.0 Å². The Balaban J connectivity index is 4.63. The number of hydrogen-bond acceptors (Lipinski definition) is 2. The van der Waals surface area contributed by atoms with E-state index >= 15 is 0 Å². The SMILES string of the molecule is CCCCCCCC/C=C\CCCC(C(O)C(CCCCCC(=O)O)C(C)(C)C)C(C)(C)C. The molecule has 0 aromatic heterocycles. The van der Waals surface area contributed by atoms with E-state index in [9.17, 15) is 9.90 Å². The number of hydrogen-bond donors (Lipinski definition) is 2. The van der Waals surface area contributed by atoms with Crippen molar-refractivity contribution in [3.05, 3.63) is 12.2 Å². The second-order valence-corrected chi connectivity index (χ2v) is 12.4. The van der Waals surface area contributed by atoms with Gasteiger partial charge in [0.15, 0.2) is 0 Å². The molecule has 0 bridgehead atoms. The van der Waals surface area contributed by atoms with Crippen LogP contribution < -0.4 is 0 Å². The molecule has 0 amide bonds. The molecule has 0 fully saturated rings. The molecular weight excluding hydrogens is 408 g/mol. The highest BCUT2D eigenvalue weighted by Crippen LogP contribution is 2.42. The average molecular weight is 467 g/mol. The van der Waals surface area contributed by atoms with E-state index in [4.69, 9.17) is 5.11 Å². The van der Waals surface area contributed by atoms with Crippen LogP contribution in [0.4, 0.5) is 0 Å². The molecule has 196 valence electrons. The van der Waals surface area contributed by atoms with Crippen molar-refractivity contribution in [2.75, 3.05) is 0 Å². The lowest BCUT2D eigenvalue weighted by Crippen LogP contribution is -2.42. The minimum atomic E-state index is -0.712. The van der Waals surface area contributed by atoms with Crippen LogP contribution in [0.25, 0.3) is 0 Å². The summed E-state index contributed by atoms with van der Waals surface area (Å²) in [5.41, 5.74) is 0.0984. The molecule has 0 saturated carbocycles. The topological polar surface area (TPSA) is 57.5 Å². The first-order valence-corrected chi connectivity index (χ1v) is 14.0. The van der Waals surface area contributed by atoms with Gasteiger partial charge in [-0.05, 0) is 67.6 Å². The van der Waals surface area contributed by atoms with E-state index in [-0.39, 0.29) is 35.2 Å². The summed E-state index contributed by atoms with van der Waals surface area (Å²) in [7, 11) is 0. The maximum Gasteiger partial charge on any atom is 0.303 e. The van der Waals surface area contributed by atoms with Gasteiger partial charge >= 0.3 is 5.97 Å². The van der Waals surface area contributed by atoms with E-state index in [1.165, 1.54) is 44.9 Å². The molecule has 0 aromatic carbocycles. The average Bonchev–Trinajstić information content (AvgIpc) is 2.69. The van der Waals surface area contributed by atoms with Gasteiger partial charge in [0.1, 0.15) is 0 Å². The van der Waals surface area contributed by atoms with Gasteiger partial charge in [-0.3, -0.25) is 4.79 Å². The normalized spacial score (nSPS) is 15.6. The molecule has 0 aliphatic heterocycles. The molecule has 3 atom stereocenters. The zero-order chi connectivity index (χ0) is 25.3. The van der Waals surface area contributed by atoms with Crippen LogP contribution in [0.1, 0.15) is 145 Å². The Morgan fingerprint density at radius 1 is 0.697 bits per heavy atom. The van der Waals surface area contributed by atoms with E-state index in [1.807, 2.05) is 0 Å². The van der Waals surface area contributed by atoms with Gasteiger partial charge in [0, 0.05) is 6.42 Å². The van der Waals surface area contributed by atoms with Gasteiger partial charge in [-0.15, -0.1) is 0 Å². The van der Waals surface area contributed by atoms with E-state index in [0.29, 0.717) is 0 Å². The summed E-state index contributed by atoms with van der Waals surface area (Å²) in [6.07, 6.45) is 20.8. The lowest BCUT2D eigenvalue weighted by Gasteiger charge is -2.43.